The fourth-order valence-corrected chi connectivity index (χ4v) is 4.20. The summed E-state index contributed by atoms with van der Waals surface area (Å²) in [5.41, 5.74) is 4.47. The molecule has 0 amide bonds. The molecule has 0 fully saturated rings. The summed E-state index contributed by atoms with van der Waals surface area (Å²) in [5.74, 6) is 0. The van der Waals surface area contributed by atoms with Crippen LogP contribution < -0.4 is 5.32 Å². The summed E-state index contributed by atoms with van der Waals surface area (Å²) in [7, 11) is 0. The number of nitrogens with one attached hydrogen (secondary N) is 1. The van der Waals surface area contributed by atoms with Crippen LogP contribution in [0.5, 0.6) is 0 Å². The zero-order chi connectivity index (χ0) is 19.2. The summed E-state index contributed by atoms with van der Waals surface area (Å²) in [6, 6.07) is 40.5. The number of rotatable bonds is 6. The van der Waals surface area contributed by atoms with Crippen molar-refractivity contribution in [3.63, 3.8) is 0 Å². The first-order valence-electron chi connectivity index (χ1n) is 9.45. The Hall–Kier alpha value is -2.68. The van der Waals surface area contributed by atoms with Crippen molar-refractivity contribution in [3.8, 4) is 0 Å². The molecule has 0 saturated carbocycles. The quantitative estimate of drug-likeness (QED) is 0.344. The summed E-state index contributed by atoms with van der Waals surface area (Å²) in [6.07, 6.45) is 0. The van der Waals surface area contributed by atoms with E-state index in [0.717, 1.165) is 11.0 Å². The molecule has 2 heteroatoms. The molecule has 0 aromatic heterocycles. The van der Waals surface area contributed by atoms with Gasteiger partial charge in [0.25, 0.3) is 0 Å². The van der Waals surface area contributed by atoms with Crippen LogP contribution in [0.2, 0.25) is 0 Å². The zero-order valence-corrected chi connectivity index (χ0v) is 17.1. The standard InChI is InChI=1S/C26H22BrN/c27-25-18-10-11-21(19-25)20-28-26(22-12-4-1-5-13-22,23-14-6-2-7-15-23)24-16-8-3-9-17-24/h1-19,28H,20H2. The van der Waals surface area contributed by atoms with E-state index in [1.54, 1.807) is 0 Å². The minimum atomic E-state index is -0.438. The number of hydrogen-bond acceptors (Lipinski definition) is 1. The third kappa shape index (κ3) is 3.80. The maximum Gasteiger partial charge on any atom is 0.0950 e. The van der Waals surface area contributed by atoms with Crippen LogP contribution in [0.1, 0.15) is 22.3 Å². The molecular formula is C26H22BrN. The second-order valence-electron chi connectivity index (χ2n) is 6.83. The van der Waals surface area contributed by atoms with Crippen LogP contribution in [0.25, 0.3) is 0 Å². The molecule has 138 valence electrons. The molecule has 0 aliphatic heterocycles. The summed E-state index contributed by atoms with van der Waals surface area (Å²) in [4.78, 5) is 0. The van der Waals surface area contributed by atoms with Gasteiger partial charge in [0.2, 0.25) is 0 Å². The number of hydrogen-bond donors (Lipinski definition) is 1. The van der Waals surface area contributed by atoms with Gasteiger partial charge in [-0.3, -0.25) is 5.32 Å². The van der Waals surface area contributed by atoms with Gasteiger partial charge in [-0.2, -0.15) is 0 Å². The largest absolute Gasteiger partial charge is 0.296 e. The lowest BCUT2D eigenvalue weighted by Gasteiger charge is -2.37. The lowest BCUT2D eigenvalue weighted by molar-refractivity contribution is 0.471. The third-order valence-corrected chi connectivity index (χ3v) is 5.56. The van der Waals surface area contributed by atoms with Gasteiger partial charge in [0.1, 0.15) is 0 Å². The molecule has 0 aliphatic carbocycles. The molecule has 4 aromatic rings. The third-order valence-electron chi connectivity index (χ3n) is 5.07. The molecule has 0 atom stereocenters. The van der Waals surface area contributed by atoms with E-state index in [4.69, 9.17) is 0 Å². The molecule has 0 heterocycles. The van der Waals surface area contributed by atoms with Gasteiger partial charge in [0.05, 0.1) is 5.54 Å². The van der Waals surface area contributed by atoms with E-state index >= 15 is 0 Å². The topological polar surface area (TPSA) is 12.0 Å². The minimum absolute atomic E-state index is 0.438. The molecule has 0 aliphatic rings. The Balaban J connectivity index is 1.88. The van der Waals surface area contributed by atoms with Crippen molar-refractivity contribution in [2.24, 2.45) is 0 Å². The number of benzene rings is 4. The van der Waals surface area contributed by atoms with Gasteiger partial charge in [-0.15, -0.1) is 0 Å². The molecule has 0 radical (unpaired) electrons. The molecule has 0 spiro atoms. The second kappa shape index (κ2) is 8.55. The lowest BCUT2D eigenvalue weighted by atomic mass is 9.77. The highest BCUT2D eigenvalue weighted by Gasteiger charge is 2.35. The van der Waals surface area contributed by atoms with Crippen molar-refractivity contribution < 1.29 is 0 Å². The van der Waals surface area contributed by atoms with Crippen LogP contribution in [-0.2, 0) is 12.1 Å². The Bertz CT molecular complexity index is 917. The maximum atomic E-state index is 3.90. The fraction of sp³-hybridized carbons (Fsp3) is 0.0769. The molecule has 0 bridgehead atoms. The normalized spacial score (nSPS) is 11.3. The van der Waals surface area contributed by atoms with Crippen molar-refractivity contribution in [3.05, 3.63) is 142 Å². The van der Waals surface area contributed by atoms with E-state index in [1.165, 1.54) is 22.3 Å². The predicted molar refractivity (Wildman–Crippen MR) is 120 cm³/mol. The first-order chi connectivity index (χ1) is 13.8. The molecular weight excluding hydrogens is 406 g/mol. The van der Waals surface area contributed by atoms with Gasteiger partial charge in [0.15, 0.2) is 0 Å². The Morgan fingerprint density at radius 1 is 0.571 bits per heavy atom. The Morgan fingerprint density at radius 3 is 1.46 bits per heavy atom. The van der Waals surface area contributed by atoms with E-state index in [2.05, 4.69) is 137 Å². The summed E-state index contributed by atoms with van der Waals surface area (Å²) >= 11 is 3.59. The summed E-state index contributed by atoms with van der Waals surface area (Å²) in [5, 5.41) is 3.90. The Labute approximate surface area is 175 Å². The van der Waals surface area contributed by atoms with Gasteiger partial charge in [-0.1, -0.05) is 119 Å². The van der Waals surface area contributed by atoms with Crippen LogP contribution in [0, 0.1) is 0 Å². The van der Waals surface area contributed by atoms with Crippen molar-refractivity contribution in [2.75, 3.05) is 0 Å². The second-order valence-corrected chi connectivity index (χ2v) is 7.75. The molecule has 28 heavy (non-hydrogen) atoms. The average molecular weight is 428 g/mol. The van der Waals surface area contributed by atoms with E-state index in [1.807, 2.05) is 0 Å². The van der Waals surface area contributed by atoms with Crippen LogP contribution in [-0.4, -0.2) is 0 Å². The zero-order valence-electron chi connectivity index (χ0n) is 15.6. The highest BCUT2D eigenvalue weighted by atomic mass is 79.9. The van der Waals surface area contributed by atoms with E-state index in [-0.39, 0.29) is 0 Å². The lowest BCUT2D eigenvalue weighted by Crippen LogP contribution is -2.44. The first-order valence-corrected chi connectivity index (χ1v) is 10.2. The summed E-state index contributed by atoms with van der Waals surface area (Å²) < 4.78 is 1.09. The molecule has 4 aromatic carbocycles. The Kier molecular flexibility index (Phi) is 5.70. The number of halogens is 1. The molecule has 1 nitrogen and oxygen atoms in total. The van der Waals surface area contributed by atoms with Crippen LogP contribution in [0.4, 0.5) is 0 Å². The monoisotopic (exact) mass is 427 g/mol. The molecule has 1 N–H and O–H groups in total. The van der Waals surface area contributed by atoms with Crippen molar-refractivity contribution in [2.45, 2.75) is 12.1 Å². The smallest absolute Gasteiger partial charge is 0.0950 e. The highest BCUT2D eigenvalue weighted by Crippen LogP contribution is 2.37. The van der Waals surface area contributed by atoms with Crippen LogP contribution in [0.15, 0.2) is 120 Å². The summed E-state index contributed by atoms with van der Waals surface area (Å²) in [6.45, 7) is 0.748. The molecule has 4 rings (SSSR count). The van der Waals surface area contributed by atoms with Crippen LogP contribution >= 0.6 is 15.9 Å². The van der Waals surface area contributed by atoms with Crippen LogP contribution in [0.3, 0.4) is 0 Å². The van der Waals surface area contributed by atoms with Crippen molar-refractivity contribution in [1.82, 2.24) is 5.32 Å². The van der Waals surface area contributed by atoms with E-state index in [0.29, 0.717) is 0 Å². The van der Waals surface area contributed by atoms with Gasteiger partial charge < -0.3 is 0 Å². The SMILES string of the molecule is Brc1cccc(CNC(c2ccccc2)(c2ccccc2)c2ccccc2)c1. The van der Waals surface area contributed by atoms with Crippen molar-refractivity contribution in [1.29, 1.82) is 0 Å². The maximum absolute atomic E-state index is 3.90. The van der Waals surface area contributed by atoms with E-state index < -0.39 is 5.54 Å². The average Bonchev–Trinajstić information content (AvgIpc) is 2.77. The molecule has 0 saturated heterocycles. The van der Waals surface area contributed by atoms with Gasteiger partial charge in [-0.25, -0.2) is 0 Å². The fourth-order valence-electron chi connectivity index (χ4n) is 3.75. The van der Waals surface area contributed by atoms with Crippen molar-refractivity contribution >= 4 is 15.9 Å². The minimum Gasteiger partial charge on any atom is -0.296 e. The van der Waals surface area contributed by atoms with E-state index in [9.17, 15) is 0 Å². The predicted octanol–water partition coefficient (Wildman–Crippen LogP) is 6.53. The highest BCUT2D eigenvalue weighted by molar-refractivity contribution is 9.10. The van der Waals surface area contributed by atoms with Gasteiger partial charge in [-0.05, 0) is 34.4 Å². The first kappa shape index (κ1) is 18.7. The molecule has 0 unspecified atom stereocenters. The Morgan fingerprint density at radius 2 is 1.04 bits per heavy atom. The van der Waals surface area contributed by atoms with Gasteiger partial charge >= 0.3 is 0 Å². The van der Waals surface area contributed by atoms with Gasteiger partial charge in [0, 0.05) is 11.0 Å².